The highest BCUT2D eigenvalue weighted by Gasteiger charge is 2.13. The molecule has 1 aromatic rings. The van der Waals surface area contributed by atoms with Crippen LogP contribution in [0.3, 0.4) is 0 Å². The SMILES string of the molecule is CCCC(=O)c1cc(Cl)c(F)cc1O. The molecule has 0 aliphatic carbocycles. The molecule has 76 valence electrons. The van der Waals surface area contributed by atoms with Crippen LogP contribution >= 0.6 is 11.6 Å². The first kappa shape index (κ1) is 11.0. The largest absolute Gasteiger partial charge is 0.507 e. The molecule has 0 radical (unpaired) electrons. The lowest BCUT2D eigenvalue weighted by atomic mass is 10.1. The molecule has 0 saturated carbocycles. The van der Waals surface area contributed by atoms with Crippen LogP contribution in [0.4, 0.5) is 4.39 Å². The smallest absolute Gasteiger partial charge is 0.166 e. The van der Waals surface area contributed by atoms with E-state index in [9.17, 15) is 14.3 Å². The lowest BCUT2D eigenvalue weighted by Gasteiger charge is -2.03. The minimum atomic E-state index is -0.725. The summed E-state index contributed by atoms with van der Waals surface area (Å²) in [5.74, 6) is -1.31. The van der Waals surface area contributed by atoms with E-state index in [0.29, 0.717) is 12.8 Å². The molecule has 4 heteroatoms. The van der Waals surface area contributed by atoms with Crippen molar-refractivity contribution in [2.75, 3.05) is 0 Å². The fraction of sp³-hybridized carbons (Fsp3) is 0.300. The van der Waals surface area contributed by atoms with Crippen molar-refractivity contribution in [1.82, 2.24) is 0 Å². The Morgan fingerprint density at radius 1 is 1.57 bits per heavy atom. The predicted molar refractivity (Wildman–Crippen MR) is 52.3 cm³/mol. The van der Waals surface area contributed by atoms with Gasteiger partial charge in [-0.1, -0.05) is 18.5 Å². The van der Waals surface area contributed by atoms with Crippen LogP contribution in [0.2, 0.25) is 5.02 Å². The third-order valence-corrected chi connectivity index (χ3v) is 2.11. The number of phenolic OH excluding ortho intramolecular Hbond substituents is 1. The molecule has 0 heterocycles. The maximum atomic E-state index is 12.8. The first-order valence-corrected chi connectivity index (χ1v) is 4.65. The number of rotatable bonds is 3. The molecule has 0 unspecified atom stereocenters. The summed E-state index contributed by atoms with van der Waals surface area (Å²) in [6.45, 7) is 1.85. The van der Waals surface area contributed by atoms with Crippen LogP contribution in [0.5, 0.6) is 5.75 Å². The van der Waals surface area contributed by atoms with Gasteiger partial charge < -0.3 is 5.11 Å². The van der Waals surface area contributed by atoms with Crippen molar-refractivity contribution < 1.29 is 14.3 Å². The number of hydrogen-bond acceptors (Lipinski definition) is 2. The van der Waals surface area contributed by atoms with Gasteiger partial charge in [-0.3, -0.25) is 4.79 Å². The minimum Gasteiger partial charge on any atom is -0.507 e. The summed E-state index contributed by atoms with van der Waals surface area (Å²) in [5.41, 5.74) is 0.0817. The van der Waals surface area contributed by atoms with Crippen molar-refractivity contribution >= 4 is 17.4 Å². The molecule has 0 aromatic heterocycles. The number of hydrogen-bond donors (Lipinski definition) is 1. The number of phenols is 1. The Balaban J connectivity index is 3.09. The van der Waals surface area contributed by atoms with Gasteiger partial charge >= 0.3 is 0 Å². The van der Waals surface area contributed by atoms with E-state index in [1.807, 2.05) is 6.92 Å². The van der Waals surface area contributed by atoms with Gasteiger partial charge in [0.25, 0.3) is 0 Å². The fourth-order valence-corrected chi connectivity index (χ4v) is 1.29. The maximum absolute atomic E-state index is 12.8. The lowest BCUT2D eigenvalue weighted by Crippen LogP contribution is -1.99. The van der Waals surface area contributed by atoms with Crippen LogP contribution in [0, 0.1) is 5.82 Å². The number of Topliss-reactive ketones (excluding diaryl/α,β-unsaturated/α-hetero) is 1. The second-order valence-corrected chi connectivity index (χ2v) is 3.36. The van der Waals surface area contributed by atoms with Crippen LogP contribution in [0.1, 0.15) is 30.1 Å². The Morgan fingerprint density at radius 2 is 2.21 bits per heavy atom. The van der Waals surface area contributed by atoms with Gasteiger partial charge in [0, 0.05) is 12.5 Å². The van der Waals surface area contributed by atoms with Gasteiger partial charge in [0.05, 0.1) is 10.6 Å². The average Bonchev–Trinajstić information content (AvgIpc) is 2.11. The molecule has 1 rings (SSSR count). The quantitative estimate of drug-likeness (QED) is 0.788. The first-order chi connectivity index (χ1) is 6.56. The van der Waals surface area contributed by atoms with Crippen molar-refractivity contribution in [3.63, 3.8) is 0 Å². The van der Waals surface area contributed by atoms with E-state index >= 15 is 0 Å². The second-order valence-electron chi connectivity index (χ2n) is 2.96. The molecular formula is C10H10ClFO2. The molecular weight excluding hydrogens is 207 g/mol. The van der Waals surface area contributed by atoms with Crippen molar-refractivity contribution in [3.05, 3.63) is 28.5 Å². The maximum Gasteiger partial charge on any atom is 0.166 e. The van der Waals surface area contributed by atoms with Gasteiger partial charge in [-0.15, -0.1) is 0 Å². The van der Waals surface area contributed by atoms with E-state index in [0.717, 1.165) is 12.1 Å². The topological polar surface area (TPSA) is 37.3 Å². The average molecular weight is 217 g/mol. The third-order valence-electron chi connectivity index (χ3n) is 1.82. The zero-order chi connectivity index (χ0) is 10.7. The molecule has 0 bridgehead atoms. The molecule has 0 saturated heterocycles. The molecule has 0 fully saturated rings. The monoisotopic (exact) mass is 216 g/mol. The van der Waals surface area contributed by atoms with Crippen molar-refractivity contribution in [2.24, 2.45) is 0 Å². The highest BCUT2D eigenvalue weighted by molar-refractivity contribution is 6.31. The van der Waals surface area contributed by atoms with Gasteiger partial charge in [-0.05, 0) is 12.5 Å². The lowest BCUT2D eigenvalue weighted by molar-refractivity contribution is 0.0979. The van der Waals surface area contributed by atoms with E-state index in [-0.39, 0.29) is 22.1 Å². The Kier molecular flexibility index (Phi) is 3.47. The van der Waals surface area contributed by atoms with E-state index in [1.165, 1.54) is 0 Å². The van der Waals surface area contributed by atoms with Crippen molar-refractivity contribution in [1.29, 1.82) is 0 Å². The zero-order valence-corrected chi connectivity index (χ0v) is 8.44. The fourth-order valence-electron chi connectivity index (χ4n) is 1.12. The molecule has 0 atom stereocenters. The molecule has 1 aromatic carbocycles. The van der Waals surface area contributed by atoms with Crippen LogP contribution in [0.25, 0.3) is 0 Å². The zero-order valence-electron chi connectivity index (χ0n) is 7.68. The highest BCUT2D eigenvalue weighted by Crippen LogP contribution is 2.26. The number of halogens is 2. The molecule has 0 spiro atoms. The van der Waals surface area contributed by atoms with Gasteiger partial charge in [0.2, 0.25) is 0 Å². The van der Waals surface area contributed by atoms with Gasteiger partial charge in [0.1, 0.15) is 11.6 Å². The Morgan fingerprint density at radius 3 is 2.79 bits per heavy atom. The number of carbonyl (C=O) groups excluding carboxylic acids is 1. The summed E-state index contributed by atoms with van der Waals surface area (Å²) < 4.78 is 12.8. The summed E-state index contributed by atoms with van der Waals surface area (Å²) in [6, 6.07) is 2.01. The Bertz CT molecular complexity index is 363. The number of aromatic hydroxyl groups is 1. The number of ketones is 1. The first-order valence-electron chi connectivity index (χ1n) is 4.27. The summed E-state index contributed by atoms with van der Waals surface area (Å²) in [6.07, 6.45) is 0.989. The summed E-state index contributed by atoms with van der Waals surface area (Å²) >= 11 is 5.49. The van der Waals surface area contributed by atoms with E-state index in [1.54, 1.807) is 0 Å². The van der Waals surface area contributed by atoms with Crippen LogP contribution in [0.15, 0.2) is 12.1 Å². The minimum absolute atomic E-state index is 0.0817. The molecule has 2 nitrogen and oxygen atoms in total. The van der Waals surface area contributed by atoms with E-state index in [4.69, 9.17) is 11.6 Å². The van der Waals surface area contributed by atoms with E-state index in [2.05, 4.69) is 0 Å². The van der Waals surface area contributed by atoms with Crippen molar-refractivity contribution in [3.8, 4) is 5.75 Å². The molecule has 0 aliphatic heterocycles. The number of carbonyl (C=O) groups is 1. The van der Waals surface area contributed by atoms with Crippen molar-refractivity contribution in [2.45, 2.75) is 19.8 Å². The second kappa shape index (κ2) is 4.42. The normalized spacial score (nSPS) is 10.2. The van der Waals surface area contributed by atoms with Gasteiger partial charge in [-0.25, -0.2) is 4.39 Å². The highest BCUT2D eigenvalue weighted by atomic mass is 35.5. The molecule has 1 N–H and O–H groups in total. The predicted octanol–water partition coefficient (Wildman–Crippen LogP) is 3.17. The van der Waals surface area contributed by atoms with Gasteiger partial charge in [0.15, 0.2) is 5.78 Å². The number of benzene rings is 1. The molecule has 14 heavy (non-hydrogen) atoms. The Hall–Kier alpha value is -1.09. The van der Waals surface area contributed by atoms with E-state index < -0.39 is 5.82 Å². The van der Waals surface area contributed by atoms with Crippen LogP contribution in [-0.2, 0) is 0 Å². The summed E-state index contributed by atoms with van der Waals surface area (Å²) in [5, 5.41) is 9.14. The molecule has 0 amide bonds. The summed E-state index contributed by atoms with van der Waals surface area (Å²) in [4.78, 5) is 11.4. The van der Waals surface area contributed by atoms with Gasteiger partial charge in [-0.2, -0.15) is 0 Å². The third kappa shape index (κ3) is 2.23. The van der Waals surface area contributed by atoms with Crippen LogP contribution < -0.4 is 0 Å². The standard InChI is InChI=1S/C10H10ClFO2/c1-2-3-9(13)6-4-7(11)8(12)5-10(6)14/h4-5,14H,2-3H2,1H3. The summed E-state index contributed by atoms with van der Waals surface area (Å²) in [7, 11) is 0. The van der Waals surface area contributed by atoms with Crippen LogP contribution in [-0.4, -0.2) is 10.9 Å². The Labute approximate surface area is 86.3 Å². The molecule has 0 aliphatic rings.